The summed E-state index contributed by atoms with van der Waals surface area (Å²) in [5.41, 5.74) is 3.19. The first-order valence-corrected chi connectivity index (χ1v) is 10.3. The van der Waals surface area contributed by atoms with E-state index in [9.17, 15) is 13.2 Å². The second kappa shape index (κ2) is 7.19. The fraction of sp³-hybridized carbons (Fsp3) is 0.286. The van der Waals surface area contributed by atoms with Crippen molar-refractivity contribution < 1.29 is 17.9 Å². The third kappa shape index (κ3) is 3.25. The summed E-state index contributed by atoms with van der Waals surface area (Å²) in [6.07, 6.45) is 1.62. The molecule has 27 heavy (non-hydrogen) atoms. The first kappa shape index (κ1) is 19.2. The Morgan fingerprint density at radius 3 is 2.37 bits per heavy atom. The average Bonchev–Trinajstić information content (AvgIpc) is 2.96. The summed E-state index contributed by atoms with van der Waals surface area (Å²) >= 11 is 0. The molecule has 0 fully saturated rings. The van der Waals surface area contributed by atoms with Gasteiger partial charge in [0.2, 0.25) is 0 Å². The summed E-state index contributed by atoms with van der Waals surface area (Å²) in [5, 5.41) is 0. The fourth-order valence-electron chi connectivity index (χ4n) is 3.44. The monoisotopic (exact) mass is 385 g/mol. The van der Waals surface area contributed by atoms with Gasteiger partial charge >= 0.3 is 5.97 Å². The minimum Gasteiger partial charge on any atom is -0.464 e. The van der Waals surface area contributed by atoms with E-state index in [-0.39, 0.29) is 11.5 Å². The van der Waals surface area contributed by atoms with Gasteiger partial charge in [-0.1, -0.05) is 41.5 Å². The standard InChI is InChI=1S/C21H23NO4S/c1-5-17-18-13-15(4)9-12-19(18)22(20(17)21(23)26-6-2)27(24,25)16-10-7-14(3)8-11-16/h5,7-13,17,20H,1,6H2,2-4H3. The minimum absolute atomic E-state index is 0.138. The SMILES string of the molecule is C=CC1c2cc(C)ccc2N(S(=O)(=O)c2ccc(C)cc2)C1C(=O)OCC. The van der Waals surface area contributed by atoms with E-state index in [0.717, 1.165) is 16.7 Å². The van der Waals surface area contributed by atoms with Crippen LogP contribution in [0.1, 0.15) is 29.5 Å². The number of hydrogen-bond acceptors (Lipinski definition) is 4. The number of carbonyl (C=O) groups is 1. The van der Waals surface area contributed by atoms with E-state index in [1.54, 1.807) is 43.3 Å². The summed E-state index contributed by atoms with van der Waals surface area (Å²) in [6, 6.07) is 11.1. The molecule has 2 aromatic carbocycles. The lowest BCUT2D eigenvalue weighted by Gasteiger charge is -2.27. The van der Waals surface area contributed by atoms with Crippen LogP contribution in [0.25, 0.3) is 0 Å². The molecule has 0 bridgehead atoms. The van der Waals surface area contributed by atoms with Crippen LogP contribution in [0.5, 0.6) is 0 Å². The maximum absolute atomic E-state index is 13.5. The summed E-state index contributed by atoms with van der Waals surface area (Å²) in [4.78, 5) is 12.9. The third-order valence-corrected chi connectivity index (χ3v) is 6.54. The van der Waals surface area contributed by atoms with Crippen molar-refractivity contribution in [3.63, 3.8) is 0 Å². The smallest absolute Gasteiger partial charge is 0.330 e. The fourth-order valence-corrected chi connectivity index (χ4v) is 5.08. The van der Waals surface area contributed by atoms with E-state index in [1.165, 1.54) is 4.31 Å². The summed E-state index contributed by atoms with van der Waals surface area (Å²) in [7, 11) is -3.95. The molecular weight excluding hydrogens is 362 g/mol. The van der Waals surface area contributed by atoms with E-state index in [2.05, 4.69) is 6.58 Å². The van der Waals surface area contributed by atoms with Crippen molar-refractivity contribution in [2.45, 2.75) is 37.6 Å². The number of hydrogen-bond donors (Lipinski definition) is 0. The highest BCUT2D eigenvalue weighted by molar-refractivity contribution is 7.93. The minimum atomic E-state index is -3.95. The third-order valence-electron chi connectivity index (χ3n) is 4.73. The summed E-state index contributed by atoms with van der Waals surface area (Å²) in [6.45, 7) is 9.53. The molecule has 142 valence electrons. The molecule has 2 unspecified atom stereocenters. The van der Waals surface area contributed by atoms with E-state index < -0.39 is 28.0 Å². The van der Waals surface area contributed by atoms with Crippen molar-refractivity contribution in [2.75, 3.05) is 10.9 Å². The van der Waals surface area contributed by atoms with Crippen LogP contribution in [-0.4, -0.2) is 27.0 Å². The molecule has 0 aliphatic carbocycles. The van der Waals surface area contributed by atoms with Crippen molar-refractivity contribution in [3.05, 3.63) is 71.8 Å². The molecule has 1 heterocycles. The Hall–Kier alpha value is -2.60. The van der Waals surface area contributed by atoms with Crippen LogP contribution in [0.3, 0.4) is 0 Å². The van der Waals surface area contributed by atoms with E-state index in [4.69, 9.17) is 4.74 Å². The summed E-state index contributed by atoms with van der Waals surface area (Å²) in [5.74, 6) is -1.05. The highest BCUT2D eigenvalue weighted by Gasteiger charge is 2.48. The van der Waals surface area contributed by atoms with E-state index in [0.29, 0.717) is 5.69 Å². The van der Waals surface area contributed by atoms with Crippen LogP contribution in [0, 0.1) is 13.8 Å². The van der Waals surface area contributed by atoms with Crippen molar-refractivity contribution in [1.82, 2.24) is 0 Å². The first-order chi connectivity index (χ1) is 12.8. The number of carbonyl (C=O) groups excluding carboxylic acids is 1. The molecule has 0 spiro atoms. The van der Waals surface area contributed by atoms with Crippen LogP contribution in [0.4, 0.5) is 5.69 Å². The molecule has 0 radical (unpaired) electrons. The number of benzene rings is 2. The van der Waals surface area contributed by atoms with E-state index in [1.807, 2.05) is 26.0 Å². The zero-order valence-electron chi connectivity index (χ0n) is 15.7. The number of esters is 1. The number of aryl methyl sites for hydroxylation is 2. The van der Waals surface area contributed by atoms with Gasteiger partial charge in [-0.25, -0.2) is 13.2 Å². The normalized spacial score (nSPS) is 18.9. The van der Waals surface area contributed by atoms with Crippen LogP contribution >= 0.6 is 0 Å². The van der Waals surface area contributed by atoms with Crippen LogP contribution < -0.4 is 4.31 Å². The van der Waals surface area contributed by atoms with Crippen LogP contribution in [0.15, 0.2) is 60.0 Å². The Morgan fingerprint density at radius 2 is 1.78 bits per heavy atom. The molecule has 0 saturated carbocycles. The van der Waals surface area contributed by atoms with Gasteiger partial charge in [-0.3, -0.25) is 4.31 Å². The predicted octanol–water partition coefficient (Wildman–Crippen LogP) is 3.71. The van der Waals surface area contributed by atoms with Gasteiger partial charge in [0, 0.05) is 5.92 Å². The molecule has 0 aromatic heterocycles. The Bertz CT molecular complexity index is 980. The van der Waals surface area contributed by atoms with Gasteiger partial charge in [0.25, 0.3) is 10.0 Å². The zero-order valence-corrected chi connectivity index (χ0v) is 16.5. The Labute approximate surface area is 160 Å². The highest BCUT2D eigenvalue weighted by atomic mass is 32.2. The molecule has 0 N–H and O–H groups in total. The molecule has 3 rings (SSSR count). The van der Waals surface area contributed by atoms with Crippen molar-refractivity contribution in [1.29, 1.82) is 0 Å². The molecular formula is C21H23NO4S. The Balaban J connectivity index is 2.21. The molecule has 1 aliphatic rings. The summed E-state index contributed by atoms with van der Waals surface area (Å²) < 4.78 is 33.3. The molecule has 5 nitrogen and oxygen atoms in total. The lowest BCUT2D eigenvalue weighted by atomic mass is 9.94. The topological polar surface area (TPSA) is 63.7 Å². The van der Waals surface area contributed by atoms with Gasteiger partial charge in [-0.15, -0.1) is 6.58 Å². The van der Waals surface area contributed by atoms with Crippen molar-refractivity contribution in [3.8, 4) is 0 Å². The molecule has 0 saturated heterocycles. The molecule has 2 aromatic rings. The predicted molar refractivity (Wildman–Crippen MR) is 105 cm³/mol. The van der Waals surface area contributed by atoms with Gasteiger partial charge in [0.05, 0.1) is 17.2 Å². The second-order valence-electron chi connectivity index (χ2n) is 6.63. The molecule has 2 atom stereocenters. The van der Waals surface area contributed by atoms with Crippen molar-refractivity contribution in [2.24, 2.45) is 0 Å². The van der Waals surface area contributed by atoms with Gasteiger partial charge in [-0.2, -0.15) is 0 Å². The highest BCUT2D eigenvalue weighted by Crippen LogP contribution is 2.45. The number of fused-ring (bicyclic) bond motifs is 1. The number of sulfonamides is 1. The number of anilines is 1. The average molecular weight is 385 g/mol. The van der Waals surface area contributed by atoms with Crippen LogP contribution in [0.2, 0.25) is 0 Å². The van der Waals surface area contributed by atoms with Gasteiger partial charge < -0.3 is 4.74 Å². The number of rotatable bonds is 5. The van der Waals surface area contributed by atoms with Crippen LogP contribution in [-0.2, 0) is 19.6 Å². The lowest BCUT2D eigenvalue weighted by Crippen LogP contribution is -2.45. The quantitative estimate of drug-likeness (QED) is 0.581. The van der Waals surface area contributed by atoms with Gasteiger partial charge in [0.1, 0.15) is 0 Å². The molecule has 0 amide bonds. The largest absolute Gasteiger partial charge is 0.464 e. The maximum Gasteiger partial charge on any atom is 0.330 e. The number of nitrogens with zero attached hydrogens (tertiary/aromatic N) is 1. The Kier molecular flexibility index (Phi) is 5.11. The van der Waals surface area contributed by atoms with Gasteiger partial charge in [0.15, 0.2) is 6.04 Å². The van der Waals surface area contributed by atoms with Crippen molar-refractivity contribution >= 4 is 21.7 Å². The zero-order chi connectivity index (χ0) is 19.8. The molecule has 1 aliphatic heterocycles. The lowest BCUT2D eigenvalue weighted by molar-refractivity contribution is -0.144. The number of ether oxygens (including phenoxy) is 1. The second-order valence-corrected chi connectivity index (χ2v) is 8.45. The first-order valence-electron chi connectivity index (χ1n) is 8.82. The molecule has 6 heteroatoms. The maximum atomic E-state index is 13.5. The van der Waals surface area contributed by atoms with Gasteiger partial charge in [-0.05, 0) is 44.5 Å². The Morgan fingerprint density at radius 1 is 1.15 bits per heavy atom. The van der Waals surface area contributed by atoms with E-state index >= 15 is 0 Å².